The van der Waals surface area contributed by atoms with Crippen LogP contribution in [0.25, 0.3) is 23.0 Å². The van der Waals surface area contributed by atoms with Gasteiger partial charge in [0.1, 0.15) is 12.2 Å². The maximum Gasteiger partial charge on any atom is 0.244 e. The van der Waals surface area contributed by atoms with E-state index < -0.39 is 6.04 Å². The quantitative estimate of drug-likeness (QED) is 0.264. The van der Waals surface area contributed by atoms with Crippen molar-refractivity contribution >= 4 is 35.2 Å². The molecule has 0 spiro atoms. The van der Waals surface area contributed by atoms with E-state index in [0.29, 0.717) is 40.6 Å². The van der Waals surface area contributed by atoms with Crippen LogP contribution < -0.4 is 10.6 Å². The van der Waals surface area contributed by atoms with Crippen LogP contribution in [-0.2, 0) is 9.59 Å². The first-order chi connectivity index (χ1) is 18.5. The molecule has 10 nitrogen and oxygen atoms in total. The third-order valence-corrected chi connectivity index (χ3v) is 6.31. The van der Waals surface area contributed by atoms with Crippen molar-refractivity contribution in [1.82, 2.24) is 35.5 Å². The van der Waals surface area contributed by atoms with Gasteiger partial charge < -0.3 is 15.6 Å². The number of para-hydroxylation sites is 1. The number of rotatable bonds is 4. The third kappa shape index (κ3) is 5.87. The number of halogens is 1. The average molecular weight is 529 g/mol. The zero-order valence-electron chi connectivity index (χ0n) is 20.5. The van der Waals surface area contributed by atoms with E-state index in [2.05, 4.69) is 36.1 Å². The number of H-pyrrole nitrogens is 1. The Morgan fingerprint density at radius 2 is 2.11 bits per heavy atom. The third-order valence-electron chi connectivity index (χ3n) is 6.08. The molecular weight excluding hydrogens is 504 g/mol. The lowest BCUT2D eigenvalue weighted by molar-refractivity contribution is -0.117. The van der Waals surface area contributed by atoms with Crippen molar-refractivity contribution in [3.05, 3.63) is 89.6 Å². The van der Waals surface area contributed by atoms with Crippen molar-refractivity contribution < 1.29 is 9.59 Å². The Hall–Kier alpha value is -4.57. The molecule has 3 N–H and O–H groups in total. The molecule has 1 aliphatic rings. The number of hydrogen-bond donors (Lipinski definition) is 3. The smallest absolute Gasteiger partial charge is 0.244 e. The molecular formula is C27H25ClN8O2. The van der Waals surface area contributed by atoms with Crippen molar-refractivity contribution in [2.24, 2.45) is 5.92 Å². The van der Waals surface area contributed by atoms with E-state index >= 15 is 0 Å². The van der Waals surface area contributed by atoms with E-state index in [1.54, 1.807) is 30.5 Å². The highest BCUT2D eigenvalue weighted by molar-refractivity contribution is 6.30. The largest absolute Gasteiger partial charge is 0.342 e. The SMILES string of the molecule is CC1/C=C/C[C@H](NC(=O)/C=C/c2cc(Cl)ccc2-n2cnnn2)c2ncc([nH]2)-c2ccccc2NC(=O)C1. The molecule has 0 saturated carbocycles. The molecule has 2 amide bonds. The number of hydrogen-bond acceptors (Lipinski definition) is 6. The summed E-state index contributed by atoms with van der Waals surface area (Å²) in [6.45, 7) is 1.98. The van der Waals surface area contributed by atoms with E-state index in [9.17, 15) is 9.59 Å². The topological polar surface area (TPSA) is 130 Å². The predicted molar refractivity (Wildman–Crippen MR) is 144 cm³/mol. The summed E-state index contributed by atoms with van der Waals surface area (Å²) in [6.07, 6.45) is 11.1. The number of tetrazole rings is 1. The summed E-state index contributed by atoms with van der Waals surface area (Å²) in [4.78, 5) is 33.5. The van der Waals surface area contributed by atoms with Gasteiger partial charge in [0.25, 0.3) is 0 Å². The first-order valence-electron chi connectivity index (χ1n) is 12.1. The van der Waals surface area contributed by atoms with Gasteiger partial charge in [0.05, 0.1) is 29.3 Å². The van der Waals surface area contributed by atoms with E-state index in [-0.39, 0.29) is 17.7 Å². The number of fused-ring (bicyclic) bond motifs is 4. The first-order valence-corrected chi connectivity index (χ1v) is 12.5. The fraction of sp³-hybridized carbons (Fsp3) is 0.185. The standard InChI is InChI=1S/C27H25ClN8O2/c1-17-5-4-8-22(27-29-15-23(33-27)20-6-2-3-7-21(20)31-26(38)13-17)32-25(37)12-9-18-14-19(28)10-11-24(18)36-16-30-34-35-36/h2-7,9-12,14-17,22H,8,13H2,1H3,(H,29,33)(H,31,38)(H,32,37)/b5-4+,12-9+/t17?,22-/m0/s1. The molecule has 2 aromatic carbocycles. The summed E-state index contributed by atoms with van der Waals surface area (Å²) in [7, 11) is 0. The highest BCUT2D eigenvalue weighted by atomic mass is 35.5. The number of amides is 2. The maximum absolute atomic E-state index is 13.0. The second-order valence-corrected chi connectivity index (χ2v) is 9.41. The van der Waals surface area contributed by atoms with Crippen molar-refractivity contribution in [3.8, 4) is 16.9 Å². The Bertz CT molecular complexity index is 1510. The predicted octanol–water partition coefficient (Wildman–Crippen LogP) is 4.50. The minimum Gasteiger partial charge on any atom is -0.342 e. The van der Waals surface area contributed by atoms with E-state index in [1.165, 1.54) is 17.1 Å². The molecule has 0 aliphatic carbocycles. The lowest BCUT2D eigenvalue weighted by Crippen LogP contribution is -2.27. The molecule has 4 aromatic rings. The number of aromatic amines is 1. The Kier molecular flexibility index (Phi) is 7.41. The zero-order chi connectivity index (χ0) is 26.5. The Morgan fingerprint density at radius 3 is 2.95 bits per heavy atom. The van der Waals surface area contributed by atoms with Crippen LogP contribution in [0.2, 0.25) is 5.02 Å². The van der Waals surface area contributed by atoms with Crippen molar-refractivity contribution in [1.29, 1.82) is 0 Å². The second-order valence-electron chi connectivity index (χ2n) is 8.97. The summed E-state index contributed by atoms with van der Waals surface area (Å²) in [6, 6.07) is 12.4. The molecule has 2 aromatic heterocycles. The van der Waals surface area contributed by atoms with Crippen molar-refractivity contribution in [3.63, 3.8) is 0 Å². The molecule has 38 heavy (non-hydrogen) atoms. The number of benzene rings is 2. The normalized spacial score (nSPS) is 18.5. The van der Waals surface area contributed by atoms with Gasteiger partial charge in [0.2, 0.25) is 11.8 Å². The zero-order valence-corrected chi connectivity index (χ0v) is 21.3. The van der Waals surface area contributed by atoms with Gasteiger partial charge in [-0.2, -0.15) is 4.68 Å². The number of anilines is 1. The molecule has 1 unspecified atom stereocenters. The van der Waals surface area contributed by atoms with Crippen LogP contribution in [0.5, 0.6) is 0 Å². The Morgan fingerprint density at radius 1 is 1.24 bits per heavy atom. The van der Waals surface area contributed by atoms with Gasteiger partial charge in [-0.3, -0.25) is 9.59 Å². The maximum atomic E-state index is 13.0. The Balaban J connectivity index is 1.41. The van der Waals surface area contributed by atoms with Crippen LogP contribution in [-0.4, -0.2) is 42.0 Å². The monoisotopic (exact) mass is 528 g/mol. The summed E-state index contributed by atoms with van der Waals surface area (Å²) in [5.41, 5.74) is 3.62. The van der Waals surface area contributed by atoms with Gasteiger partial charge in [-0.1, -0.05) is 48.9 Å². The summed E-state index contributed by atoms with van der Waals surface area (Å²) in [5.74, 6) is 0.263. The lowest BCUT2D eigenvalue weighted by atomic mass is 10.0. The van der Waals surface area contributed by atoms with Crippen LogP contribution in [0.15, 0.2) is 73.2 Å². The van der Waals surface area contributed by atoms with Crippen LogP contribution >= 0.6 is 11.6 Å². The Labute approximate surface area is 223 Å². The highest BCUT2D eigenvalue weighted by Gasteiger charge is 2.19. The van der Waals surface area contributed by atoms with Gasteiger partial charge in [-0.25, -0.2) is 4.98 Å². The molecule has 3 heterocycles. The fourth-order valence-corrected chi connectivity index (χ4v) is 4.43. The summed E-state index contributed by atoms with van der Waals surface area (Å²) in [5, 5.41) is 17.8. The van der Waals surface area contributed by atoms with Gasteiger partial charge in [0.15, 0.2) is 0 Å². The van der Waals surface area contributed by atoms with Crippen LogP contribution in [0.1, 0.15) is 37.2 Å². The molecule has 5 rings (SSSR count). The van der Waals surface area contributed by atoms with E-state index in [1.807, 2.05) is 43.3 Å². The van der Waals surface area contributed by atoms with Crippen molar-refractivity contribution in [2.75, 3.05) is 5.32 Å². The number of allylic oxidation sites excluding steroid dienone is 1. The van der Waals surface area contributed by atoms with Crippen LogP contribution in [0.3, 0.4) is 0 Å². The van der Waals surface area contributed by atoms with Gasteiger partial charge in [-0.15, -0.1) is 5.10 Å². The van der Waals surface area contributed by atoms with E-state index in [4.69, 9.17) is 11.6 Å². The molecule has 0 saturated heterocycles. The number of carbonyl (C=O) groups is 2. The molecule has 11 heteroatoms. The molecule has 0 radical (unpaired) electrons. The number of nitrogens with zero attached hydrogens (tertiary/aromatic N) is 5. The first kappa shape index (κ1) is 25.1. The van der Waals surface area contributed by atoms with Gasteiger partial charge in [0, 0.05) is 28.6 Å². The van der Waals surface area contributed by atoms with E-state index in [0.717, 1.165) is 11.3 Å². The fourth-order valence-electron chi connectivity index (χ4n) is 4.25. The number of imidazole rings is 1. The van der Waals surface area contributed by atoms with Gasteiger partial charge in [-0.05, 0) is 53.1 Å². The van der Waals surface area contributed by atoms with Crippen LogP contribution in [0.4, 0.5) is 5.69 Å². The summed E-state index contributed by atoms with van der Waals surface area (Å²) >= 11 is 6.19. The average Bonchev–Trinajstić information content (AvgIpc) is 3.60. The molecule has 1 aliphatic heterocycles. The number of carbonyl (C=O) groups excluding carboxylic acids is 2. The molecule has 2 bridgehead atoms. The lowest BCUT2D eigenvalue weighted by Gasteiger charge is -2.14. The minimum atomic E-state index is -0.417. The second kappa shape index (κ2) is 11.2. The molecule has 192 valence electrons. The highest BCUT2D eigenvalue weighted by Crippen LogP contribution is 2.29. The van der Waals surface area contributed by atoms with Crippen molar-refractivity contribution in [2.45, 2.75) is 25.8 Å². The molecule has 0 fully saturated rings. The number of nitrogens with one attached hydrogen (secondary N) is 3. The summed E-state index contributed by atoms with van der Waals surface area (Å²) < 4.78 is 1.50. The van der Waals surface area contributed by atoms with Crippen LogP contribution in [0, 0.1) is 5.92 Å². The molecule has 2 atom stereocenters. The minimum absolute atomic E-state index is 0.0259. The number of aromatic nitrogens is 6. The van der Waals surface area contributed by atoms with Gasteiger partial charge >= 0.3 is 0 Å².